The molecule has 9 heteroatoms. The SMILES string of the molecule is Cc1ccc(S(=O)(=O)N2CCC(C(=O)N[C@H](c3cccc(F)c3)c3nccn3C)CC2)cc1C. The van der Waals surface area contributed by atoms with Crippen molar-refractivity contribution in [2.45, 2.75) is 37.6 Å². The number of nitrogens with zero attached hydrogens (tertiary/aromatic N) is 3. The maximum absolute atomic E-state index is 13.9. The molecule has 3 aromatic rings. The summed E-state index contributed by atoms with van der Waals surface area (Å²) in [6.07, 6.45) is 4.21. The maximum Gasteiger partial charge on any atom is 0.243 e. The number of sulfonamides is 1. The molecule has 1 N–H and O–H groups in total. The molecule has 1 saturated heterocycles. The van der Waals surface area contributed by atoms with Crippen molar-refractivity contribution in [1.29, 1.82) is 0 Å². The van der Waals surface area contributed by atoms with Crippen molar-refractivity contribution < 1.29 is 17.6 Å². The summed E-state index contributed by atoms with van der Waals surface area (Å²) in [6.45, 7) is 4.36. The van der Waals surface area contributed by atoms with Crippen LogP contribution < -0.4 is 5.32 Å². The Balaban J connectivity index is 1.47. The van der Waals surface area contributed by atoms with E-state index in [9.17, 15) is 17.6 Å². The molecule has 1 fully saturated rings. The first kappa shape index (κ1) is 24.1. The molecule has 7 nitrogen and oxygen atoms in total. The fourth-order valence-corrected chi connectivity index (χ4v) is 5.84. The van der Waals surface area contributed by atoms with E-state index in [0.29, 0.717) is 24.2 Å². The van der Waals surface area contributed by atoms with Gasteiger partial charge in [0.2, 0.25) is 15.9 Å². The molecule has 0 unspecified atom stereocenters. The predicted molar refractivity (Wildman–Crippen MR) is 127 cm³/mol. The van der Waals surface area contributed by atoms with Crippen LogP contribution in [0.5, 0.6) is 0 Å². The topological polar surface area (TPSA) is 84.3 Å². The normalized spacial score (nSPS) is 16.4. The van der Waals surface area contributed by atoms with E-state index in [2.05, 4.69) is 10.3 Å². The minimum atomic E-state index is -3.62. The number of hydrogen-bond acceptors (Lipinski definition) is 4. The number of benzene rings is 2. The molecule has 1 aliphatic rings. The number of imidazole rings is 1. The third kappa shape index (κ3) is 4.90. The van der Waals surface area contributed by atoms with Crippen molar-refractivity contribution in [3.63, 3.8) is 0 Å². The second kappa shape index (κ2) is 9.68. The van der Waals surface area contributed by atoms with Gasteiger partial charge in [-0.3, -0.25) is 4.79 Å². The van der Waals surface area contributed by atoms with Crippen LogP contribution in [-0.2, 0) is 21.9 Å². The van der Waals surface area contributed by atoms with Gasteiger partial charge in [0, 0.05) is 38.4 Å². The third-order valence-corrected chi connectivity index (χ3v) is 8.42. The van der Waals surface area contributed by atoms with Crippen LogP contribution in [0.3, 0.4) is 0 Å². The molecule has 34 heavy (non-hydrogen) atoms. The molecule has 0 radical (unpaired) electrons. The fraction of sp³-hybridized carbons (Fsp3) is 0.360. The first-order valence-corrected chi connectivity index (χ1v) is 12.7. The molecule has 0 bridgehead atoms. The molecule has 2 heterocycles. The molecular formula is C25H29FN4O3S. The Morgan fingerprint density at radius 1 is 1.12 bits per heavy atom. The van der Waals surface area contributed by atoms with Gasteiger partial charge >= 0.3 is 0 Å². The number of aromatic nitrogens is 2. The second-order valence-electron chi connectivity index (χ2n) is 8.82. The second-order valence-corrected chi connectivity index (χ2v) is 10.8. The lowest BCUT2D eigenvalue weighted by Crippen LogP contribution is -2.44. The van der Waals surface area contributed by atoms with Crippen LogP contribution in [0.2, 0.25) is 0 Å². The van der Waals surface area contributed by atoms with Crippen LogP contribution in [0, 0.1) is 25.6 Å². The number of carbonyl (C=O) groups is 1. The summed E-state index contributed by atoms with van der Waals surface area (Å²) in [5.41, 5.74) is 2.56. The number of piperidine rings is 1. The van der Waals surface area contributed by atoms with Crippen LogP contribution in [-0.4, -0.2) is 41.3 Å². The summed E-state index contributed by atoms with van der Waals surface area (Å²) in [5, 5.41) is 3.02. The zero-order chi connectivity index (χ0) is 24.5. The highest BCUT2D eigenvalue weighted by atomic mass is 32.2. The Kier molecular flexibility index (Phi) is 6.86. The molecule has 2 aromatic carbocycles. The Labute approximate surface area is 199 Å². The Hall–Kier alpha value is -3.04. The largest absolute Gasteiger partial charge is 0.342 e. The number of nitrogens with one attached hydrogen (secondary N) is 1. The van der Waals surface area contributed by atoms with Gasteiger partial charge in [-0.1, -0.05) is 18.2 Å². The fourth-order valence-electron chi connectivity index (χ4n) is 4.28. The zero-order valence-electron chi connectivity index (χ0n) is 19.5. The Bertz CT molecular complexity index is 1300. The molecule has 1 amide bonds. The number of aryl methyl sites for hydroxylation is 3. The number of amides is 1. The van der Waals surface area contributed by atoms with Gasteiger partial charge in [0.25, 0.3) is 0 Å². The van der Waals surface area contributed by atoms with E-state index in [0.717, 1.165) is 11.1 Å². The third-order valence-electron chi connectivity index (χ3n) is 6.53. The molecule has 180 valence electrons. The highest BCUT2D eigenvalue weighted by molar-refractivity contribution is 7.89. The lowest BCUT2D eigenvalue weighted by Gasteiger charge is -2.31. The van der Waals surface area contributed by atoms with Crippen molar-refractivity contribution in [2.24, 2.45) is 13.0 Å². The van der Waals surface area contributed by atoms with E-state index in [4.69, 9.17) is 0 Å². The quantitative estimate of drug-likeness (QED) is 0.581. The van der Waals surface area contributed by atoms with Crippen molar-refractivity contribution in [1.82, 2.24) is 19.2 Å². The van der Waals surface area contributed by atoms with E-state index in [1.807, 2.05) is 27.0 Å². The Morgan fingerprint density at radius 3 is 2.47 bits per heavy atom. The molecule has 4 rings (SSSR count). The van der Waals surface area contributed by atoms with Crippen LogP contribution in [0.15, 0.2) is 59.8 Å². The first-order chi connectivity index (χ1) is 16.2. The highest BCUT2D eigenvalue weighted by Gasteiger charge is 2.33. The van der Waals surface area contributed by atoms with Gasteiger partial charge in [-0.25, -0.2) is 17.8 Å². The van der Waals surface area contributed by atoms with E-state index >= 15 is 0 Å². The lowest BCUT2D eigenvalue weighted by molar-refractivity contribution is -0.126. The summed E-state index contributed by atoms with van der Waals surface area (Å²) < 4.78 is 43.3. The van der Waals surface area contributed by atoms with Crippen molar-refractivity contribution in [2.75, 3.05) is 13.1 Å². The van der Waals surface area contributed by atoms with Crippen LogP contribution in [0.1, 0.15) is 41.4 Å². The molecule has 1 atom stereocenters. The van der Waals surface area contributed by atoms with Gasteiger partial charge in [-0.15, -0.1) is 0 Å². The van der Waals surface area contributed by atoms with E-state index in [-0.39, 0.29) is 29.8 Å². The summed E-state index contributed by atoms with van der Waals surface area (Å²) >= 11 is 0. The van der Waals surface area contributed by atoms with Gasteiger partial charge in [-0.05, 0) is 67.6 Å². The van der Waals surface area contributed by atoms with Crippen molar-refractivity contribution in [3.05, 3.63) is 83.2 Å². The zero-order valence-corrected chi connectivity index (χ0v) is 20.3. The number of hydrogen-bond donors (Lipinski definition) is 1. The monoisotopic (exact) mass is 484 g/mol. The average molecular weight is 485 g/mol. The smallest absolute Gasteiger partial charge is 0.243 e. The molecule has 1 aliphatic heterocycles. The molecule has 0 saturated carbocycles. The molecule has 0 aliphatic carbocycles. The van der Waals surface area contributed by atoms with E-state index < -0.39 is 21.9 Å². The van der Waals surface area contributed by atoms with Crippen LogP contribution in [0.4, 0.5) is 4.39 Å². The average Bonchev–Trinajstić information content (AvgIpc) is 3.24. The summed E-state index contributed by atoms with van der Waals surface area (Å²) in [6, 6.07) is 10.6. The number of carbonyl (C=O) groups excluding carboxylic acids is 1. The van der Waals surface area contributed by atoms with Gasteiger partial charge in [0.05, 0.1) is 4.90 Å². The first-order valence-electron chi connectivity index (χ1n) is 11.3. The van der Waals surface area contributed by atoms with Gasteiger partial charge < -0.3 is 9.88 Å². The van der Waals surface area contributed by atoms with Gasteiger partial charge in [0.1, 0.15) is 17.7 Å². The highest BCUT2D eigenvalue weighted by Crippen LogP contribution is 2.27. The van der Waals surface area contributed by atoms with Crippen molar-refractivity contribution >= 4 is 15.9 Å². The molecular weight excluding hydrogens is 455 g/mol. The minimum absolute atomic E-state index is 0.194. The lowest BCUT2D eigenvalue weighted by atomic mass is 9.96. The summed E-state index contributed by atoms with van der Waals surface area (Å²) in [4.78, 5) is 17.8. The summed E-state index contributed by atoms with van der Waals surface area (Å²) in [5.74, 6) is -0.340. The minimum Gasteiger partial charge on any atom is -0.342 e. The van der Waals surface area contributed by atoms with Gasteiger partial charge in [-0.2, -0.15) is 4.31 Å². The van der Waals surface area contributed by atoms with E-state index in [1.165, 1.54) is 16.4 Å². The summed E-state index contributed by atoms with van der Waals surface area (Å²) in [7, 11) is -1.80. The molecule has 0 spiro atoms. The number of halogens is 1. The van der Waals surface area contributed by atoms with Crippen LogP contribution >= 0.6 is 0 Å². The molecule has 1 aromatic heterocycles. The predicted octanol–water partition coefficient (Wildman–Crippen LogP) is 3.48. The van der Waals surface area contributed by atoms with Crippen molar-refractivity contribution in [3.8, 4) is 0 Å². The standard InChI is InChI=1S/C25H29FN4O3S/c1-17-7-8-22(15-18(17)2)34(32,33)30-12-9-19(10-13-30)25(31)28-23(24-27-11-14-29(24)3)20-5-4-6-21(26)16-20/h4-8,11,14-16,19,23H,9-10,12-13H2,1-3H3,(H,28,31)/t23-/m1/s1. The van der Waals surface area contributed by atoms with Gasteiger partial charge in [0.15, 0.2) is 0 Å². The number of rotatable bonds is 6. The Morgan fingerprint density at radius 2 is 1.85 bits per heavy atom. The van der Waals surface area contributed by atoms with Crippen LogP contribution in [0.25, 0.3) is 0 Å². The van der Waals surface area contributed by atoms with E-state index in [1.54, 1.807) is 41.2 Å². The maximum atomic E-state index is 13.9.